The maximum Gasteiger partial charge on any atom is 0.357 e. The van der Waals surface area contributed by atoms with E-state index in [9.17, 15) is 13.6 Å². The summed E-state index contributed by atoms with van der Waals surface area (Å²) in [7, 11) is 0. The van der Waals surface area contributed by atoms with Gasteiger partial charge < -0.3 is 14.0 Å². The number of nitrogens with zero attached hydrogens (tertiary/aromatic N) is 3. The van der Waals surface area contributed by atoms with Gasteiger partial charge in [-0.05, 0) is 73.0 Å². The van der Waals surface area contributed by atoms with Crippen molar-refractivity contribution < 1.29 is 23.0 Å². The molecule has 3 aromatic rings. The van der Waals surface area contributed by atoms with Crippen LogP contribution in [0.25, 0.3) is 11.2 Å². The molecule has 2 aromatic heterocycles. The number of ether oxygens (including phenoxy) is 2. The molecule has 1 atom stereocenters. The number of aromatic nitrogens is 3. The van der Waals surface area contributed by atoms with Crippen molar-refractivity contribution in [3.8, 4) is 0 Å². The zero-order chi connectivity index (χ0) is 22.3. The largest absolute Gasteiger partial charge is 0.455 e. The smallest absolute Gasteiger partial charge is 0.357 e. The van der Waals surface area contributed by atoms with Gasteiger partial charge in [0, 0.05) is 13.0 Å². The van der Waals surface area contributed by atoms with Crippen LogP contribution in [0.2, 0.25) is 0 Å². The van der Waals surface area contributed by atoms with E-state index in [1.807, 2.05) is 4.57 Å². The number of hydrogen-bond donors (Lipinski definition) is 0. The van der Waals surface area contributed by atoms with E-state index in [0.717, 1.165) is 18.6 Å². The van der Waals surface area contributed by atoms with Crippen molar-refractivity contribution in [2.45, 2.75) is 51.9 Å². The minimum Gasteiger partial charge on any atom is -0.455 e. The van der Waals surface area contributed by atoms with Crippen LogP contribution < -0.4 is 0 Å². The lowest BCUT2D eigenvalue weighted by Gasteiger charge is -2.27. The summed E-state index contributed by atoms with van der Waals surface area (Å²) in [4.78, 5) is 21.5. The quantitative estimate of drug-likeness (QED) is 0.377. The maximum atomic E-state index is 14.4. The molecule has 1 saturated heterocycles. The van der Waals surface area contributed by atoms with Gasteiger partial charge in [-0.1, -0.05) is 0 Å². The standard InChI is InChI=1S/C22H22BrF2N3O3/c1-22(2,3)31-21(29)18-5-4-17-20(27-18)28(11-13-6-7-30-13)19(26-17)9-12-8-16(25)14(23)10-15(12)24/h4-5,8,10,13H,6-7,9,11H2,1-3H3/t13-/m0/s1. The van der Waals surface area contributed by atoms with Crippen molar-refractivity contribution >= 4 is 33.1 Å². The van der Waals surface area contributed by atoms with Gasteiger partial charge in [0.05, 0.1) is 17.1 Å². The van der Waals surface area contributed by atoms with Gasteiger partial charge in [0.1, 0.15) is 28.6 Å². The van der Waals surface area contributed by atoms with Crippen molar-refractivity contribution in [2.24, 2.45) is 0 Å². The lowest BCUT2D eigenvalue weighted by atomic mass is 10.1. The number of fused-ring (bicyclic) bond motifs is 1. The van der Waals surface area contributed by atoms with Gasteiger partial charge in [-0.25, -0.2) is 23.5 Å². The molecule has 1 fully saturated rings. The summed E-state index contributed by atoms with van der Waals surface area (Å²) in [5.41, 5.74) is 0.721. The molecule has 0 saturated carbocycles. The van der Waals surface area contributed by atoms with Crippen LogP contribution in [0.3, 0.4) is 0 Å². The molecule has 31 heavy (non-hydrogen) atoms. The molecule has 3 heterocycles. The lowest BCUT2D eigenvalue weighted by Crippen LogP contribution is -2.32. The van der Waals surface area contributed by atoms with Crippen molar-refractivity contribution in [1.29, 1.82) is 0 Å². The van der Waals surface area contributed by atoms with Gasteiger partial charge in [-0.2, -0.15) is 0 Å². The van der Waals surface area contributed by atoms with Gasteiger partial charge in [-0.15, -0.1) is 0 Å². The number of imidazole rings is 1. The Bertz CT molecular complexity index is 1150. The van der Waals surface area contributed by atoms with Crippen LogP contribution in [0.1, 0.15) is 49.1 Å². The monoisotopic (exact) mass is 493 g/mol. The first-order valence-electron chi connectivity index (χ1n) is 9.95. The Morgan fingerprint density at radius 2 is 2.00 bits per heavy atom. The summed E-state index contributed by atoms with van der Waals surface area (Å²) in [5, 5.41) is 0. The van der Waals surface area contributed by atoms with E-state index in [0.29, 0.717) is 30.1 Å². The third-order valence-electron chi connectivity index (χ3n) is 4.90. The molecular formula is C22H22BrF2N3O3. The molecule has 0 bridgehead atoms. The predicted molar refractivity (Wildman–Crippen MR) is 114 cm³/mol. The van der Waals surface area contributed by atoms with Gasteiger partial charge in [0.15, 0.2) is 11.3 Å². The normalized spacial score (nSPS) is 16.4. The first kappa shape index (κ1) is 21.8. The zero-order valence-electron chi connectivity index (χ0n) is 17.4. The minimum absolute atomic E-state index is 0.0189. The molecule has 1 aliphatic rings. The Morgan fingerprint density at radius 1 is 1.26 bits per heavy atom. The summed E-state index contributed by atoms with van der Waals surface area (Å²) in [6.07, 6.45) is 0.933. The Kier molecular flexibility index (Phi) is 5.83. The molecule has 0 radical (unpaired) electrons. The van der Waals surface area contributed by atoms with Gasteiger partial charge >= 0.3 is 5.97 Å². The summed E-state index contributed by atoms with van der Waals surface area (Å²) in [6.45, 7) is 6.48. The number of carbonyl (C=O) groups is 1. The van der Waals surface area contributed by atoms with Crippen LogP contribution in [0, 0.1) is 11.6 Å². The van der Waals surface area contributed by atoms with E-state index >= 15 is 0 Å². The van der Waals surface area contributed by atoms with Crippen molar-refractivity contribution in [2.75, 3.05) is 6.61 Å². The van der Waals surface area contributed by atoms with E-state index in [-0.39, 0.29) is 28.3 Å². The SMILES string of the molecule is CC(C)(C)OC(=O)c1ccc2nc(Cc3cc(F)c(Br)cc3F)n(C[C@@H]3CCO3)c2n1. The van der Waals surface area contributed by atoms with E-state index in [1.165, 1.54) is 0 Å². The van der Waals surface area contributed by atoms with E-state index in [4.69, 9.17) is 9.47 Å². The van der Waals surface area contributed by atoms with Crippen molar-refractivity contribution in [3.05, 3.63) is 57.5 Å². The van der Waals surface area contributed by atoms with Crippen molar-refractivity contribution in [1.82, 2.24) is 14.5 Å². The molecule has 9 heteroatoms. The number of esters is 1. The Balaban J connectivity index is 1.75. The molecule has 4 rings (SSSR count). The third kappa shape index (κ3) is 4.77. The average molecular weight is 494 g/mol. The van der Waals surface area contributed by atoms with Crippen LogP contribution in [-0.4, -0.2) is 38.8 Å². The van der Waals surface area contributed by atoms with Crippen LogP contribution in [0.4, 0.5) is 8.78 Å². The fourth-order valence-electron chi connectivity index (χ4n) is 3.32. The average Bonchev–Trinajstić information content (AvgIpc) is 2.97. The molecule has 1 aromatic carbocycles. The van der Waals surface area contributed by atoms with Gasteiger partial charge in [-0.3, -0.25) is 0 Å². The number of benzene rings is 1. The fraction of sp³-hybridized carbons (Fsp3) is 0.409. The number of rotatable bonds is 5. The van der Waals surface area contributed by atoms with E-state index in [1.54, 1.807) is 32.9 Å². The number of hydrogen-bond acceptors (Lipinski definition) is 5. The zero-order valence-corrected chi connectivity index (χ0v) is 19.0. The highest BCUT2D eigenvalue weighted by molar-refractivity contribution is 9.10. The molecule has 164 valence electrons. The summed E-state index contributed by atoms with van der Waals surface area (Å²) >= 11 is 2.99. The predicted octanol–water partition coefficient (Wildman–Crippen LogP) is 4.81. The number of halogens is 3. The second kappa shape index (κ2) is 8.27. The Morgan fingerprint density at radius 3 is 2.65 bits per heavy atom. The third-order valence-corrected chi connectivity index (χ3v) is 5.50. The van der Waals surface area contributed by atoms with Crippen LogP contribution >= 0.6 is 15.9 Å². The first-order valence-corrected chi connectivity index (χ1v) is 10.7. The number of carbonyl (C=O) groups excluding carboxylic acids is 1. The molecule has 0 N–H and O–H groups in total. The van der Waals surface area contributed by atoms with Crippen LogP contribution in [0.15, 0.2) is 28.7 Å². The molecule has 0 amide bonds. The van der Waals surface area contributed by atoms with E-state index < -0.39 is 23.2 Å². The van der Waals surface area contributed by atoms with Crippen molar-refractivity contribution in [3.63, 3.8) is 0 Å². The van der Waals surface area contributed by atoms with Gasteiger partial charge in [0.2, 0.25) is 0 Å². The Hall–Kier alpha value is -2.39. The lowest BCUT2D eigenvalue weighted by molar-refractivity contribution is -0.0590. The number of pyridine rings is 1. The highest BCUT2D eigenvalue weighted by Crippen LogP contribution is 2.25. The summed E-state index contributed by atoms with van der Waals surface area (Å²) in [6, 6.07) is 5.49. The maximum absolute atomic E-state index is 14.4. The second-order valence-corrected chi connectivity index (χ2v) is 9.35. The molecule has 0 aliphatic carbocycles. The highest BCUT2D eigenvalue weighted by atomic mass is 79.9. The molecule has 0 spiro atoms. The molecular weight excluding hydrogens is 472 g/mol. The Labute approximate surface area is 186 Å². The van der Waals surface area contributed by atoms with Gasteiger partial charge in [0.25, 0.3) is 0 Å². The topological polar surface area (TPSA) is 66.2 Å². The summed E-state index contributed by atoms with van der Waals surface area (Å²) < 4.78 is 41.3. The highest BCUT2D eigenvalue weighted by Gasteiger charge is 2.25. The molecule has 0 unspecified atom stereocenters. The molecule has 1 aliphatic heterocycles. The summed E-state index contributed by atoms with van der Waals surface area (Å²) in [5.74, 6) is -1.11. The first-order chi connectivity index (χ1) is 14.6. The van der Waals surface area contributed by atoms with E-state index in [2.05, 4.69) is 25.9 Å². The minimum atomic E-state index is -0.651. The van der Waals surface area contributed by atoms with Crippen LogP contribution in [0.5, 0.6) is 0 Å². The van der Waals surface area contributed by atoms with Crippen LogP contribution in [-0.2, 0) is 22.4 Å². The fourth-order valence-corrected chi connectivity index (χ4v) is 3.64. The second-order valence-electron chi connectivity index (χ2n) is 8.50. The molecule has 6 nitrogen and oxygen atoms in total.